The zero-order chi connectivity index (χ0) is 13.9. The Labute approximate surface area is 119 Å². The topological polar surface area (TPSA) is 20.2 Å². The third-order valence-corrected chi connectivity index (χ3v) is 3.68. The second-order valence-electron chi connectivity index (χ2n) is 5.63. The van der Waals surface area contributed by atoms with E-state index in [0.717, 1.165) is 12.8 Å². The highest BCUT2D eigenvalue weighted by molar-refractivity contribution is 5.33. The summed E-state index contributed by atoms with van der Waals surface area (Å²) in [5.74, 6) is 0.443. The predicted molar refractivity (Wildman–Crippen MR) is 83.8 cm³/mol. The van der Waals surface area contributed by atoms with Gasteiger partial charge in [-0.2, -0.15) is 0 Å². The van der Waals surface area contributed by atoms with Crippen molar-refractivity contribution in [3.8, 4) is 5.75 Å². The van der Waals surface area contributed by atoms with Crippen molar-refractivity contribution in [2.45, 2.75) is 78.1 Å². The molecule has 1 heteroatoms. The van der Waals surface area contributed by atoms with Crippen LogP contribution in [-0.4, -0.2) is 5.11 Å². The monoisotopic (exact) mass is 262 g/mol. The van der Waals surface area contributed by atoms with Crippen LogP contribution in [0, 0.1) is 0 Å². The van der Waals surface area contributed by atoms with Crippen molar-refractivity contribution in [2.75, 3.05) is 0 Å². The van der Waals surface area contributed by atoms with Crippen LogP contribution in [-0.2, 0) is 12.8 Å². The van der Waals surface area contributed by atoms with Crippen LogP contribution >= 0.6 is 0 Å². The largest absolute Gasteiger partial charge is 0.508 e. The SMILES string of the molecule is CCCCCCc1cc(O)cc(CCCCCC)c1. The molecule has 0 aliphatic rings. The van der Waals surface area contributed by atoms with Gasteiger partial charge in [0.2, 0.25) is 0 Å². The van der Waals surface area contributed by atoms with E-state index in [0.29, 0.717) is 5.75 Å². The number of hydrogen-bond donors (Lipinski definition) is 1. The number of unbranched alkanes of at least 4 members (excludes halogenated alkanes) is 6. The number of hydrogen-bond acceptors (Lipinski definition) is 1. The van der Waals surface area contributed by atoms with Gasteiger partial charge in [-0.25, -0.2) is 0 Å². The third kappa shape index (κ3) is 7.25. The normalized spacial score (nSPS) is 10.8. The van der Waals surface area contributed by atoms with Gasteiger partial charge in [-0.1, -0.05) is 58.4 Å². The third-order valence-electron chi connectivity index (χ3n) is 3.68. The van der Waals surface area contributed by atoms with Crippen molar-refractivity contribution in [1.82, 2.24) is 0 Å². The predicted octanol–water partition coefficient (Wildman–Crippen LogP) is 5.64. The molecular formula is C18H30O. The molecule has 0 heterocycles. The number of phenolic OH excluding ortho intramolecular Hbond substituents is 1. The maximum absolute atomic E-state index is 9.80. The zero-order valence-electron chi connectivity index (χ0n) is 12.8. The van der Waals surface area contributed by atoms with Crippen LogP contribution in [0.1, 0.15) is 76.3 Å². The first-order valence-corrected chi connectivity index (χ1v) is 8.08. The molecule has 0 radical (unpaired) electrons. The molecule has 0 aliphatic carbocycles. The first-order valence-electron chi connectivity index (χ1n) is 8.08. The Morgan fingerprint density at radius 1 is 0.684 bits per heavy atom. The van der Waals surface area contributed by atoms with E-state index < -0.39 is 0 Å². The van der Waals surface area contributed by atoms with Crippen molar-refractivity contribution in [3.63, 3.8) is 0 Å². The molecule has 0 saturated carbocycles. The number of benzene rings is 1. The van der Waals surface area contributed by atoms with Gasteiger partial charge in [0.05, 0.1) is 0 Å². The average Bonchev–Trinajstić information content (AvgIpc) is 2.39. The van der Waals surface area contributed by atoms with Crippen LogP contribution < -0.4 is 0 Å². The Balaban J connectivity index is 2.41. The van der Waals surface area contributed by atoms with Crippen molar-refractivity contribution < 1.29 is 5.11 Å². The van der Waals surface area contributed by atoms with Gasteiger partial charge < -0.3 is 5.11 Å². The minimum absolute atomic E-state index is 0.443. The van der Waals surface area contributed by atoms with Crippen LogP contribution in [0.25, 0.3) is 0 Å². The molecule has 0 amide bonds. The average molecular weight is 262 g/mol. The van der Waals surface area contributed by atoms with E-state index in [4.69, 9.17) is 0 Å². The Morgan fingerprint density at radius 2 is 1.16 bits per heavy atom. The summed E-state index contributed by atoms with van der Waals surface area (Å²) >= 11 is 0. The summed E-state index contributed by atoms with van der Waals surface area (Å²) < 4.78 is 0. The lowest BCUT2D eigenvalue weighted by Gasteiger charge is -2.07. The summed E-state index contributed by atoms with van der Waals surface area (Å²) in [5.41, 5.74) is 2.61. The lowest BCUT2D eigenvalue weighted by atomic mass is 10.00. The number of phenols is 1. The quantitative estimate of drug-likeness (QED) is 0.541. The molecule has 0 unspecified atom stereocenters. The van der Waals surface area contributed by atoms with E-state index >= 15 is 0 Å². The van der Waals surface area contributed by atoms with Gasteiger partial charge in [0, 0.05) is 0 Å². The smallest absolute Gasteiger partial charge is 0.116 e. The van der Waals surface area contributed by atoms with Crippen molar-refractivity contribution in [2.24, 2.45) is 0 Å². The lowest BCUT2D eigenvalue weighted by molar-refractivity contribution is 0.473. The van der Waals surface area contributed by atoms with Crippen LogP contribution in [0.4, 0.5) is 0 Å². The van der Waals surface area contributed by atoms with E-state index in [2.05, 4.69) is 19.9 Å². The van der Waals surface area contributed by atoms with Gasteiger partial charge in [-0.05, 0) is 48.9 Å². The highest BCUT2D eigenvalue weighted by Crippen LogP contribution is 2.20. The van der Waals surface area contributed by atoms with E-state index in [1.807, 2.05) is 12.1 Å². The summed E-state index contributed by atoms with van der Waals surface area (Å²) in [6, 6.07) is 6.15. The summed E-state index contributed by atoms with van der Waals surface area (Å²) in [6.07, 6.45) is 12.5. The van der Waals surface area contributed by atoms with E-state index in [1.165, 1.54) is 62.5 Å². The summed E-state index contributed by atoms with van der Waals surface area (Å²) in [7, 11) is 0. The van der Waals surface area contributed by atoms with Gasteiger partial charge in [0.15, 0.2) is 0 Å². The lowest BCUT2D eigenvalue weighted by Crippen LogP contribution is -1.91. The van der Waals surface area contributed by atoms with Gasteiger partial charge in [0.1, 0.15) is 5.75 Å². The minimum atomic E-state index is 0.443. The molecule has 1 aromatic carbocycles. The molecule has 1 N–H and O–H groups in total. The molecule has 19 heavy (non-hydrogen) atoms. The van der Waals surface area contributed by atoms with E-state index in [9.17, 15) is 5.11 Å². The standard InChI is InChI=1S/C18H30O/c1-3-5-7-9-11-16-13-17(15-18(19)14-16)12-10-8-6-4-2/h13-15,19H,3-12H2,1-2H3. The van der Waals surface area contributed by atoms with Crippen LogP contribution in [0.2, 0.25) is 0 Å². The first kappa shape index (κ1) is 16.1. The summed E-state index contributed by atoms with van der Waals surface area (Å²) in [5, 5.41) is 9.80. The Bertz CT molecular complexity index is 313. The Morgan fingerprint density at radius 3 is 1.58 bits per heavy atom. The Kier molecular flexibility index (Phi) is 8.36. The number of rotatable bonds is 10. The van der Waals surface area contributed by atoms with Crippen molar-refractivity contribution >= 4 is 0 Å². The molecule has 0 aromatic heterocycles. The van der Waals surface area contributed by atoms with Gasteiger partial charge in [0.25, 0.3) is 0 Å². The fourth-order valence-corrected chi connectivity index (χ4v) is 2.54. The fraction of sp³-hybridized carbons (Fsp3) is 0.667. The highest BCUT2D eigenvalue weighted by atomic mass is 16.3. The summed E-state index contributed by atoms with van der Waals surface area (Å²) in [4.78, 5) is 0. The van der Waals surface area contributed by atoms with Crippen molar-refractivity contribution in [3.05, 3.63) is 29.3 Å². The second kappa shape index (κ2) is 9.89. The molecule has 0 saturated heterocycles. The molecule has 1 aromatic rings. The molecule has 0 fully saturated rings. The summed E-state index contributed by atoms with van der Waals surface area (Å²) in [6.45, 7) is 4.48. The maximum Gasteiger partial charge on any atom is 0.116 e. The molecule has 0 bridgehead atoms. The van der Waals surface area contributed by atoms with E-state index in [1.54, 1.807) is 0 Å². The Hall–Kier alpha value is -0.980. The van der Waals surface area contributed by atoms with Gasteiger partial charge >= 0.3 is 0 Å². The van der Waals surface area contributed by atoms with E-state index in [-0.39, 0.29) is 0 Å². The number of aryl methyl sites for hydroxylation is 2. The second-order valence-corrected chi connectivity index (χ2v) is 5.63. The molecule has 1 nitrogen and oxygen atoms in total. The number of aromatic hydroxyl groups is 1. The van der Waals surface area contributed by atoms with Crippen LogP contribution in [0.5, 0.6) is 5.75 Å². The first-order chi connectivity index (χ1) is 9.26. The highest BCUT2D eigenvalue weighted by Gasteiger charge is 2.01. The van der Waals surface area contributed by atoms with Crippen molar-refractivity contribution in [1.29, 1.82) is 0 Å². The molecular weight excluding hydrogens is 232 g/mol. The van der Waals surface area contributed by atoms with Gasteiger partial charge in [-0.3, -0.25) is 0 Å². The molecule has 1 rings (SSSR count). The van der Waals surface area contributed by atoms with Gasteiger partial charge in [-0.15, -0.1) is 0 Å². The van der Waals surface area contributed by atoms with Crippen LogP contribution in [0.15, 0.2) is 18.2 Å². The molecule has 0 spiro atoms. The minimum Gasteiger partial charge on any atom is -0.508 e. The maximum atomic E-state index is 9.80. The molecule has 108 valence electrons. The fourth-order valence-electron chi connectivity index (χ4n) is 2.54. The molecule has 0 atom stereocenters. The van der Waals surface area contributed by atoms with Crippen LogP contribution in [0.3, 0.4) is 0 Å². The zero-order valence-corrected chi connectivity index (χ0v) is 12.8. The molecule has 0 aliphatic heterocycles.